The van der Waals surface area contributed by atoms with Gasteiger partial charge in [-0.1, -0.05) is 19.1 Å². The zero-order valence-electron chi connectivity index (χ0n) is 9.81. The third kappa shape index (κ3) is 1.62. The van der Waals surface area contributed by atoms with Gasteiger partial charge in [-0.3, -0.25) is 4.79 Å². The van der Waals surface area contributed by atoms with Crippen LogP contribution in [0.4, 0.5) is 0 Å². The molecule has 1 aromatic rings. The van der Waals surface area contributed by atoms with Gasteiger partial charge in [-0.05, 0) is 42.9 Å². The fourth-order valence-electron chi connectivity index (χ4n) is 2.38. The summed E-state index contributed by atoms with van der Waals surface area (Å²) in [5, 5.41) is 0. The Morgan fingerprint density at radius 1 is 1.38 bits per heavy atom. The quantitative estimate of drug-likeness (QED) is 0.694. The summed E-state index contributed by atoms with van der Waals surface area (Å²) >= 11 is 0. The van der Waals surface area contributed by atoms with Crippen LogP contribution >= 0.6 is 0 Å². The second kappa shape index (κ2) is 3.34. The van der Waals surface area contributed by atoms with Crippen LogP contribution in [0.3, 0.4) is 0 Å². The van der Waals surface area contributed by atoms with E-state index in [4.69, 9.17) is 0 Å². The molecule has 1 heterocycles. The first-order valence-electron chi connectivity index (χ1n) is 6.07. The standard InChI is InChI=1S/C14H17NO/c1-9-6-13(9)11-4-3-5-12(7-11)14(16)15-8-10(15)2/h3-5,7,9-10,13H,6,8H2,1-2H3. The highest BCUT2D eigenvalue weighted by molar-refractivity contribution is 5.96. The molecule has 0 N–H and O–H groups in total. The van der Waals surface area contributed by atoms with Crippen molar-refractivity contribution in [2.24, 2.45) is 5.92 Å². The minimum atomic E-state index is 0.197. The van der Waals surface area contributed by atoms with E-state index < -0.39 is 0 Å². The molecule has 1 amide bonds. The van der Waals surface area contributed by atoms with E-state index >= 15 is 0 Å². The van der Waals surface area contributed by atoms with Crippen molar-refractivity contribution < 1.29 is 4.79 Å². The lowest BCUT2D eigenvalue weighted by atomic mass is 10.1. The highest BCUT2D eigenvalue weighted by Crippen LogP contribution is 2.47. The van der Waals surface area contributed by atoms with Crippen LogP contribution in [-0.2, 0) is 0 Å². The van der Waals surface area contributed by atoms with E-state index in [1.807, 2.05) is 17.0 Å². The summed E-state index contributed by atoms with van der Waals surface area (Å²) in [7, 11) is 0. The zero-order chi connectivity index (χ0) is 11.3. The van der Waals surface area contributed by atoms with Crippen LogP contribution in [0.1, 0.15) is 42.1 Å². The molecule has 1 saturated carbocycles. The molecule has 1 aliphatic carbocycles. The smallest absolute Gasteiger partial charge is 0.254 e. The van der Waals surface area contributed by atoms with Crippen LogP contribution in [0.15, 0.2) is 24.3 Å². The highest BCUT2D eigenvalue weighted by atomic mass is 16.2. The number of nitrogens with zero attached hydrogens (tertiary/aromatic N) is 1. The molecule has 0 aromatic heterocycles. The molecule has 84 valence electrons. The van der Waals surface area contributed by atoms with Crippen LogP contribution in [0.2, 0.25) is 0 Å². The highest BCUT2D eigenvalue weighted by Gasteiger charge is 2.36. The average Bonchev–Trinajstić information content (AvgIpc) is 3.17. The van der Waals surface area contributed by atoms with Gasteiger partial charge >= 0.3 is 0 Å². The van der Waals surface area contributed by atoms with Crippen molar-refractivity contribution in [3.8, 4) is 0 Å². The largest absolute Gasteiger partial charge is 0.332 e. The molecule has 1 aromatic carbocycles. The minimum Gasteiger partial charge on any atom is -0.332 e. The second-order valence-corrected chi connectivity index (χ2v) is 5.25. The Morgan fingerprint density at radius 3 is 2.62 bits per heavy atom. The van der Waals surface area contributed by atoms with Gasteiger partial charge in [0.15, 0.2) is 0 Å². The number of benzene rings is 1. The molecular formula is C14H17NO. The lowest BCUT2D eigenvalue weighted by Gasteiger charge is -2.05. The predicted octanol–water partition coefficient (Wildman–Crippen LogP) is 2.65. The van der Waals surface area contributed by atoms with Crippen LogP contribution in [-0.4, -0.2) is 23.4 Å². The van der Waals surface area contributed by atoms with Crippen LogP contribution in [0.5, 0.6) is 0 Å². The van der Waals surface area contributed by atoms with E-state index in [-0.39, 0.29) is 5.91 Å². The number of carbonyl (C=O) groups excluding carboxylic acids is 1. The molecule has 3 unspecified atom stereocenters. The average molecular weight is 215 g/mol. The maximum Gasteiger partial charge on any atom is 0.254 e. The van der Waals surface area contributed by atoms with E-state index in [1.165, 1.54) is 12.0 Å². The van der Waals surface area contributed by atoms with Crippen LogP contribution in [0, 0.1) is 5.92 Å². The van der Waals surface area contributed by atoms with Gasteiger partial charge in [-0.15, -0.1) is 0 Å². The number of hydrogen-bond acceptors (Lipinski definition) is 1. The summed E-state index contributed by atoms with van der Waals surface area (Å²) in [6.07, 6.45) is 1.28. The summed E-state index contributed by atoms with van der Waals surface area (Å²) < 4.78 is 0. The molecule has 2 heteroatoms. The molecule has 2 aliphatic rings. The van der Waals surface area contributed by atoms with Crippen molar-refractivity contribution in [3.05, 3.63) is 35.4 Å². The van der Waals surface area contributed by atoms with Crippen LogP contribution < -0.4 is 0 Å². The molecule has 0 bridgehead atoms. The molecule has 3 rings (SSSR count). The predicted molar refractivity (Wildman–Crippen MR) is 63.5 cm³/mol. The van der Waals surface area contributed by atoms with Crippen molar-refractivity contribution >= 4 is 5.91 Å². The number of carbonyl (C=O) groups is 1. The van der Waals surface area contributed by atoms with E-state index in [0.717, 1.165) is 18.0 Å². The third-order valence-corrected chi connectivity index (χ3v) is 3.79. The van der Waals surface area contributed by atoms with Gasteiger partial charge in [-0.25, -0.2) is 0 Å². The van der Waals surface area contributed by atoms with Crippen molar-refractivity contribution in [1.29, 1.82) is 0 Å². The maximum atomic E-state index is 12.0. The Balaban J connectivity index is 1.82. The summed E-state index contributed by atoms with van der Waals surface area (Å²) in [4.78, 5) is 13.9. The number of amides is 1. The first kappa shape index (κ1) is 9.88. The lowest BCUT2D eigenvalue weighted by molar-refractivity contribution is 0.0876. The molecule has 16 heavy (non-hydrogen) atoms. The topological polar surface area (TPSA) is 20.1 Å². The molecule has 2 nitrogen and oxygen atoms in total. The molecule has 0 radical (unpaired) electrons. The molecule has 0 spiro atoms. The number of rotatable bonds is 2. The molecule has 1 saturated heterocycles. The van der Waals surface area contributed by atoms with Crippen molar-refractivity contribution in [1.82, 2.24) is 4.90 Å². The van der Waals surface area contributed by atoms with Gasteiger partial charge in [-0.2, -0.15) is 0 Å². The van der Waals surface area contributed by atoms with Crippen LogP contribution in [0.25, 0.3) is 0 Å². The summed E-state index contributed by atoms with van der Waals surface area (Å²) in [6, 6.07) is 8.63. The van der Waals surface area contributed by atoms with Crippen molar-refractivity contribution in [2.75, 3.05) is 6.54 Å². The number of hydrogen-bond donors (Lipinski definition) is 0. The first-order chi connectivity index (χ1) is 7.66. The third-order valence-electron chi connectivity index (χ3n) is 3.79. The fraction of sp³-hybridized carbons (Fsp3) is 0.500. The molecule has 3 atom stereocenters. The summed E-state index contributed by atoms with van der Waals surface area (Å²) in [5.74, 6) is 1.69. The monoisotopic (exact) mass is 215 g/mol. The van der Waals surface area contributed by atoms with Gasteiger partial charge in [0, 0.05) is 18.2 Å². The fourth-order valence-corrected chi connectivity index (χ4v) is 2.38. The van der Waals surface area contributed by atoms with E-state index in [2.05, 4.69) is 26.0 Å². The molecular weight excluding hydrogens is 198 g/mol. The molecule has 2 fully saturated rings. The van der Waals surface area contributed by atoms with E-state index in [9.17, 15) is 4.79 Å². The summed E-state index contributed by atoms with van der Waals surface area (Å²) in [6.45, 7) is 5.28. The SMILES string of the molecule is CC1CC1c1cccc(C(=O)N2CC2C)c1. The van der Waals surface area contributed by atoms with Gasteiger partial charge in [0.1, 0.15) is 0 Å². The van der Waals surface area contributed by atoms with Gasteiger partial charge in [0.25, 0.3) is 5.91 Å². The minimum absolute atomic E-state index is 0.197. The van der Waals surface area contributed by atoms with Gasteiger partial charge in [0.05, 0.1) is 0 Å². The maximum absolute atomic E-state index is 12.0. The Hall–Kier alpha value is -1.31. The molecule has 1 aliphatic heterocycles. The van der Waals surface area contributed by atoms with Gasteiger partial charge < -0.3 is 4.90 Å². The van der Waals surface area contributed by atoms with Gasteiger partial charge in [0.2, 0.25) is 0 Å². The Bertz CT molecular complexity index is 440. The lowest BCUT2D eigenvalue weighted by Crippen LogP contribution is -2.12. The van der Waals surface area contributed by atoms with Crippen molar-refractivity contribution in [3.63, 3.8) is 0 Å². The second-order valence-electron chi connectivity index (χ2n) is 5.25. The summed E-state index contributed by atoms with van der Waals surface area (Å²) in [5.41, 5.74) is 2.20. The Morgan fingerprint density at radius 2 is 2.06 bits per heavy atom. The van der Waals surface area contributed by atoms with E-state index in [0.29, 0.717) is 12.0 Å². The Labute approximate surface area is 96.3 Å². The first-order valence-corrected chi connectivity index (χ1v) is 6.07. The van der Waals surface area contributed by atoms with E-state index in [1.54, 1.807) is 0 Å². The zero-order valence-corrected chi connectivity index (χ0v) is 9.81. The Kier molecular flexibility index (Phi) is 2.06. The normalized spacial score (nSPS) is 31.4. The van der Waals surface area contributed by atoms with Crippen molar-refractivity contribution in [2.45, 2.75) is 32.2 Å².